The number of aliphatic imine (C=N–C) groups is 1. The van der Waals surface area contributed by atoms with Gasteiger partial charge >= 0.3 is 0 Å². The van der Waals surface area contributed by atoms with Gasteiger partial charge in [-0.25, -0.2) is 4.39 Å². The highest BCUT2D eigenvalue weighted by Gasteiger charge is 2.27. The zero-order valence-corrected chi connectivity index (χ0v) is 18.3. The fourth-order valence-electron chi connectivity index (χ4n) is 3.93. The molecule has 3 aromatic carbocycles. The summed E-state index contributed by atoms with van der Waals surface area (Å²) in [5.74, 6) is -0.485. The maximum absolute atomic E-state index is 13.5. The van der Waals surface area contributed by atoms with Gasteiger partial charge in [0.15, 0.2) is 0 Å². The molecule has 5 heteroatoms. The lowest BCUT2D eigenvalue weighted by atomic mass is 9.95. The Bertz CT molecular complexity index is 1150. The van der Waals surface area contributed by atoms with Crippen molar-refractivity contribution in [2.45, 2.75) is 39.2 Å². The molecule has 3 nitrogen and oxygen atoms in total. The van der Waals surface area contributed by atoms with Crippen molar-refractivity contribution in [2.75, 3.05) is 5.32 Å². The van der Waals surface area contributed by atoms with E-state index in [-0.39, 0.29) is 11.7 Å². The first-order valence-corrected chi connectivity index (χ1v) is 10.9. The van der Waals surface area contributed by atoms with Crippen LogP contribution in [0.3, 0.4) is 0 Å². The smallest absolute Gasteiger partial charge is 0.249 e. The van der Waals surface area contributed by atoms with Gasteiger partial charge in [-0.15, -0.1) is 0 Å². The van der Waals surface area contributed by atoms with Crippen LogP contribution in [-0.2, 0) is 24.1 Å². The molecule has 1 heterocycles. The van der Waals surface area contributed by atoms with Crippen LogP contribution in [0.5, 0.6) is 0 Å². The van der Waals surface area contributed by atoms with E-state index < -0.39 is 6.04 Å². The van der Waals surface area contributed by atoms with Crippen LogP contribution in [0.4, 0.5) is 10.1 Å². The summed E-state index contributed by atoms with van der Waals surface area (Å²) in [5, 5.41) is 3.55. The molecule has 158 valence electrons. The number of benzene rings is 3. The fraction of sp³-hybridized carbons (Fsp3) is 0.231. The number of fused-ring (bicyclic) bond motifs is 1. The van der Waals surface area contributed by atoms with Crippen LogP contribution in [0, 0.1) is 5.82 Å². The molecule has 0 bridgehead atoms. The number of carbonyl (C=O) groups is 1. The normalized spacial score (nSPS) is 15.7. The zero-order chi connectivity index (χ0) is 22.0. The van der Waals surface area contributed by atoms with E-state index in [1.54, 1.807) is 30.3 Å². The maximum Gasteiger partial charge on any atom is 0.249 e. The molecule has 0 fully saturated rings. The average molecular weight is 435 g/mol. The zero-order valence-electron chi connectivity index (χ0n) is 17.6. The van der Waals surface area contributed by atoms with E-state index in [1.165, 1.54) is 23.3 Å². The number of nitrogens with one attached hydrogen (secondary N) is 1. The van der Waals surface area contributed by atoms with Crippen LogP contribution < -0.4 is 5.32 Å². The number of hydrogen-bond donors (Lipinski definition) is 1. The lowest BCUT2D eigenvalue weighted by Gasteiger charge is -2.15. The Morgan fingerprint density at radius 3 is 2.45 bits per heavy atom. The minimum absolute atomic E-state index is 0.165. The molecule has 0 saturated carbocycles. The largest absolute Gasteiger partial charge is 0.324 e. The number of nitrogens with zero attached hydrogens (tertiary/aromatic N) is 1. The number of benzodiazepines with no additional fused rings is 1. The topological polar surface area (TPSA) is 41.5 Å². The van der Waals surface area contributed by atoms with Gasteiger partial charge in [0.2, 0.25) is 5.91 Å². The summed E-state index contributed by atoms with van der Waals surface area (Å²) >= 11 is 6.25. The Kier molecular flexibility index (Phi) is 6.19. The van der Waals surface area contributed by atoms with Gasteiger partial charge in [-0.05, 0) is 72.0 Å². The third-order valence-corrected chi connectivity index (χ3v) is 5.91. The number of carbonyl (C=O) groups excluding carboxylic acids is 1. The molecule has 1 aliphatic rings. The number of anilines is 1. The molecule has 0 aromatic heterocycles. The molecule has 0 saturated heterocycles. The third-order valence-electron chi connectivity index (χ3n) is 5.67. The number of halogens is 2. The molecule has 0 radical (unpaired) electrons. The summed E-state index contributed by atoms with van der Waals surface area (Å²) in [4.78, 5) is 18.0. The van der Waals surface area contributed by atoms with Crippen molar-refractivity contribution in [3.63, 3.8) is 0 Å². The van der Waals surface area contributed by atoms with Crippen LogP contribution in [0.25, 0.3) is 0 Å². The Morgan fingerprint density at radius 2 is 1.74 bits per heavy atom. The lowest BCUT2D eigenvalue weighted by Crippen LogP contribution is -2.28. The van der Waals surface area contributed by atoms with Gasteiger partial charge < -0.3 is 5.32 Å². The predicted molar refractivity (Wildman–Crippen MR) is 125 cm³/mol. The summed E-state index contributed by atoms with van der Waals surface area (Å²) in [6, 6.07) is 17.3. The summed E-state index contributed by atoms with van der Waals surface area (Å²) < 4.78 is 13.5. The molecule has 1 N–H and O–H groups in total. The summed E-state index contributed by atoms with van der Waals surface area (Å²) in [7, 11) is 0. The second-order valence-electron chi connectivity index (χ2n) is 7.69. The van der Waals surface area contributed by atoms with Crippen LogP contribution in [0.1, 0.15) is 41.7 Å². The molecule has 31 heavy (non-hydrogen) atoms. The van der Waals surface area contributed by atoms with Crippen molar-refractivity contribution in [3.05, 3.63) is 99.3 Å². The monoisotopic (exact) mass is 434 g/mol. The highest BCUT2D eigenvalue weighted by Crippen LogP contribution is 2.28. The number of rotatable bonds is 5. The summed E-state index contributed by atoms with van der Waals surface area (Å²) in [6.45, 7) is 4.26. The average Bonchev–Trinajstić information content (AvgIpc) is 2.91. The quantitative estimate of drug-likeness (QED) is 0.525. The molecule has 0 aliphatic carbocycles. The van der Waals surface area contributed by atoms with Crippen LogP contribution in [0.2, 0.25) is 5.02 Å². The molecule has 1 amide bonds. The van der Waals surface area contributed by atoms with Gasteiger partial charge in [0.05, 0.1) is 11.4 Å². The van der Waals surface area contributed by atoms with Crippen molar-refractivity contribution in [1.29, 1.82) is 0 Å². The van der Waals surface area contributed by atoms with Crippen LogP contribution in [0.15, 0.2) is 65.7 Å². The Morgan fingerprint density at radius 1 is 0.968 bits per heavy atom. The predicted octanol–water partition coefficient (Wildman–Crippen LogP) is 6.00. The fourth-order valence-corrected chi connectivity index (χ4v) is 4.11. The first kappa shape index (κ1) is 21.3. The van der Waals surface area contributed by atoms with Crippen LogP contribution >= 0.6 is 11.6 Å². The molecule has 1 atom stereocenters. The van der Waals surface area contributed by atoms with Crippen molar-refractivity contribution < 1.29 is 9.18 Å². The maximum atomic E-state index is 13.5. The third kappa shape index (κ3) is 4.54. The van der Waals surface area contributed by atoms with Crippen molar-refractivity contribution in [2.24, 2.45) is 4.99 Å². The molecule has 1 aliphatic heterocycles. The SMILES string of the molecule is CCc1ccc(CC2N=C(c3ccc(F)cc3)c3cc(Cl)ccc3NC2=O)c(CC)c1. The molecule has 0 spiro atoms. The molecule has 4 rings (SSSR count). The minimum Gasteiger partial charge on any atom is -0.324 e. The van der Waals surface area contributed by atoms with E-state index >= 15 is 0 Å². The first-order valence-electron chi connectivity index (χ1n) is 10.5. The van der Waals surface area contributed by atoms with Gasteiger partial charge in [-0.2, -0.15) is 0 Å². The van der Waals surface area contributed by atoms with E-state index in [0.29, 0.717) is 22.8 Å². The number of hydrogen-bond acceptors (Lipinski definition) is 2. The van der Waals surface area contributed by atoms with Crippen molar-refractivity contribution >= 4 is 28.9 Å². The second kappa shape index (κ2) is 9.03. The second-order valence-corrected chi connectivity index (χ2v) is 8.13. The molecule has 3 aromatic rings. The van der Waals surface area contributed by atoms with E-state index in [2.05, 4.69) is 37.4 Å². The van der Waals surface area contributed by atoms with Gasteiger partial charge in [0, 0.05) is 22.6 Å². The summed E-state index contributed by atoms with van der Waals surface area (Å²) in [6.07, 6.45) is 2.35. The van der Waals surface area contributed by atoms with Gasteiger partial charge in [0.25, 0.3) is 0 Å². The summed E-state index contributed by atoms with van der Waals surface area (Å²) in [5.41, 5.74) is 6.38. The highest BCUT2D eigenvalue weighted by atomic mass is 35.5. The van der Waals surface area contributed by atoms with Crippen molar-refractivity contribution in [1.82, 2.24) is 0 Å². The van der Waals surface area contributed by atoms with E-state index in [9.17, 15) is 9.18 Å². The van der Waals surface area contributed by atoms with E-state index in [0.717, 1.165) is 29.5 Å². The van der Waals surface area contributed by atoms with Gasteiger partial charge in [-0.3, -0.25) is 9.79 Å². The molecular formula is C26H24ClFN2O. The van der Waals surface area contributed by atoms with Crippen molar-refractivity contribution in [3.8, 4) is 0 Å². The van der Waals surface area contributed by atoms with Gasteiger partial charge in [0.1, 0.15) is 11.9 Å². The minimum atomic E-state index is -0.607. The molecule has 1 unspecified atom stereocenters. The van der Waals surface area contributed by atoms with E-state index in [4.69, 9.17) is 16.6 Å². The van der Waals surface area contributed by atoms with E-state index in [1.807, 2.05) is 0 Å². The standard InChI is InChI=1S/C26H24ClFN2O/c1-3-16-5-6-19(17(4-2)13-16)14-24-26(31)30-23-12-9-20(27)15-22(23)25(29-24)18-7-10-21(28)11-8-18/h5-13,15,24H,3-4,14H2,1-2H3,(H,30,31). The highest BCUT2D eigenvalue weighted by molar-refractivity contribution is 6.32. The van der Waals surface area contributed by atoms with Crippen LogP contribution in [-0.4, -0.2) is 17.7 Å². The van der Waals surface area contributed by atoms with Gasteiger partial charge in [-0.1, -0.05) is 43.6 Å². The Labute approximate surface area is 187 Å². The lowest BCUT2D eigenvalue weighted by molar-refractivity contribution is -0.117. The molecular weight excluding hydrogens is 411 g/mol. The Balaban J connectivity index is 1.80. The Hall–Kier alpha value is -2.98. The number of aryl methyl sites for hydroxylation is 2. The first-order chi connectivity index (χ1) is 15.0. The number of amides is 1.